The summed E-state index contributed by atoms with van der Waals surface area (Å²) in [7, 11) is 0. The number of halogens is 1. The summed E-state index contributed by atoms with van der Waals surface area (Å²) in [5.74, 6) is 0. The van der Waals surface area contributed by atoms with Crippen LogP contribution >= 0.6 is 15.9 Å². The van der Waals surface area contributed by atoms with E-state index in [4.69, 9.17) is 5.11 Å². The first-order valence-electron chi connectivity index (χ1n) is 3.13. The van der Waals surface area contributed by atoms with Gasteiger partial charge >= 0.3 is 0 Å². The Hall–Kier alpha value is -0.670. The van der Waals surface area contributed by atoms with E-state index in [9.17, 15) is 4.79 Å². The maximum Gasteiger partial charge on any atom is 0.151 e. The fraction of sp³-hybridized carbons (Fsp3) is 0.125. The zero-order valence-corrected chi connectivity index (χ0v) is 7.34. The summed E-state index contributed by atoms with van der Waals surface area (Å²) in [4.78, 5) is 10.5. The first kappa shape index (κ1) is 8.43. The predicted octanol–water partition coefficient (Wildman–Crippen LogP) is 1.75. The number of aldehydes is 1. The van der Waals surface area contributed by atoms with Crippen molar-refractivity contribution in [3.05, 3.63) is 33.8 Å². The van der Waals surface area contributed by atoms with Crippen molar-refractivity contribution < 1.29 is 9.90 Å². The van der Waals surface area contributed by atoms with Gasteiger partial charge in [0.15, 0.2) is 6.29 Å². The summed E-state index contributed by atoms with van der Waals surface area (Å²) in [6, 6.07) is 5.26. The van der Waals surface area contributed by atoms with E-state index in [1.165, 1.54) is 0 Å². The smallest absolute Gasteiger partial charge is 0.151 e. The predicted molar refractivity (Wildman–Crippen MR) is 45.5 cm³/mol. The highest BCUT2D eigenvalue weighted by Gasteiger charge is 2.02. The third-order valence-corrected chi connectivity index (χ3v) is 2.12. The zero-order valence-electron chi connectivity index (χ0n) is 5.75. The van der Waals surface area contributed by atoms with Crippen LogP contribution in [0.2, 0.25) is 0 Å². The van der Waals surface area contributed by atoms with Gasteiger partial charge in [0.2, 0.25) is 0 Å². The minimum Gasteiger partial charge on any atom is -0.392 e. The first-order valence-corrected chi connectivity index (χ1v) is 3.92. The molecule has 0 heterocycles. The second-order valence-corrected chi connectivity index (χ2v) is 2.94. The Morgan fingerprint density at radius 2 is 2.27 bits per heavy atom. The summed E-state index contributed by atoms with van der Waals surface area (Å²) < 4.78 is 0.721. The average Bonchev–Trinajstić information content (AvgIpc) is 2.04. The number of aliphatic hydroxyl groups excluding tert-OH is 1. The number of carbonyl (C=O) groups is 1. The highest BCUT2D eigenvalue weighted by atomic mass is 79.9. The molecule has 0 atom stereocenters. The van der Waals surface area contributed by atoms with Gasteiger partial charge in [-0.15, -0.1) is 0 Å². The van der Waals surface area contributed by atoms with Crippen LogP contribution in [0.15, 0.2) is 22.7 Å². The Morgan fingerprint density at radius 1 is 1.55 bits per heavy atom. The van der Waals surface area contributed by atoms with Crippen LogP contribution in [0.3, 0.4) is 0 Å². The van der Waals surface area contributed by atoms with E-state index in [-0.39, 0.29) is 6.61 Å². The third-order valence-electron chi connectivity index (χ3n) is 1.43. The fourth-order valence-corrected chi connectivity index (χ4v) is 1.35. The standard InChI is InChI=1S/C8H7BrO2/c9-8-3-1-2-6(4-10)7(8)5-11/h1-3,5,10H,4H2. The van der Waals surface area contributed by atoms with Crippen molar-refractivity contribution in [1.29, 1.82) is 0 Å². The lowest BCUT2D eigenvalue weighted by molar-refractivity contribution is 0.111. The molecule has 0 fully saturated rings. The van der Waals surface area contributed by atoms with Gasteiger partial charge in [0, 0.05) is 10.0 Å². The third kappa shape index (κ3) is 1.67. The van der Waals surface area contributed by atoms with Crippen molar-refractivity contribution in [1.82, 2.24) is 0 Å². The van der Waals surface area contributed by atoms with Crippen LogP contribution in [0, 0.1) is 0 Å². The van der Waals surface area contributed by atoms with Gasteiger partial charge in [-0.3, -0.25) is 4.79 Å². The molecule has 1 aromatic rings. The van der Waals surface area contributed by atoms with Crippen molar-refractivity contribution in [2.45, 2.75) is 6.61 Å². The van der Waals surface area contributed by atoms with E-state index in [1.54, 1.807) is 18.2 Å². The zero-order chi connectivity index (χ0) is 8.27. The average molecular weight is 215 g/mol. The van der Waals surface area contributed by atoms with Crippen LogP contribution in [0.5, 0.6) is 0 Å². The van der Waals surface area contributed by atoms with Gasteiger partial charge in [-0.05, 0) is 11.6 Å². The van der Waals surface area contributed by atoms with Crippen LogP contribution in [0.25, 0.3) is 0 Å². The van der Waals surface area contributed by atoms with Gasteiger partial charge in [0.25, 0.3) is 0 Å². The molecule has 3 heteroatoms. The molecule has 1 aromatic carbocycles. The Morgan fingerprint density at radius 3 is 2.73 bits per heavy atom. The highest BCUT2D eigenvalue weighted by molar-refractivity contribution is 9.10. The molecular weight excluding hydrogens is 208 g/mol. The summed E-state index contributed by atoms with van der Waals surface area (Å²) in [6.07, 6.45) is 0.732. The molecule has 0 spiro atoms. The van der Waals surface area contributed by atoms with Gasteiger partial charge < -0.3 is 5.11 Å². The monoisotopic (exact) mass is 214 g/mol. The first-order chi connectivity index (χ1) is 5.29. The molecule has 58 valence electrons. The Labute approximate surface area is 73.0 Å². The van der Waals surface area contributed by atoms with Crippen molar-refractivity contribution in [2.75, 3.05) is 0 Å². The molecule has 0 aliphatic rings. The van der Waals surface area contributed by atoms with Gasteiger partial charge in [-0.2, -0.15) is 0 Å². The van der Waals surface area contributed by atoms with Crippen LogP contribution in [0.1, 0.15) is 15.9 Å². The summed E-state index contributed by atoms with van der Waals surface area (Å²) >= 11 is 3.21. The van der Waals surface area contributed by atoms with Crippen LogP contribution in [-0.2, 0) is 6.61 Å². The van der Waals surface area contributed by atoms with Gasteiger partial charge in [-0.25, -0.2) is 0 Å². The Kier molecular flexibility index (Phi) is 2.79. The quantitative estimate of drug-likeness (QED) is 0.763. The number of hydrogen-bond acceptors (Lipinski definition) is 2. The second kappa shape index (κ2) is 3.64. The molecule has 0 unspecified atom stereocenters. The normalized spacial score (nSPS) is 9.64. The number of aliphatic hydroxyl groups is 1. The second-order valence-electron chi connectivity index (χ2n) is 2.09. The number of benzene rings is 1. The van der Waals surface area contributed by atoms with Crippen molar-refractivity contribution in [3.8, 4) is 0 Å². The summed E-state index contributed by atoms with van der Waals surface area (Å²) in [5.41, 5.74) is 1.17. The number of hydrogen-bond donors (Lipinski definition) is 1. The molecule has 0 radical (unpaired) electrons. The largest absolute Gasteiger partial charge is 0.392 e. The van der Waals surface area contributed by atoms with Gasteiger partial charge in [-0.1, -0.05) is 28.1 Å². The van der Waals surface area contributed by atoms with Gasteiger partial charge in [0.1, 0.15) is 0 Å². The SMILES string of the molecule is O=Cc1c(Br)cccc1CO. The minimum atomic E-state index is -0.104. The topological polar surface area (TPSA) is 37.3 Å². The van der Waals surface area contributed by atoms with Crippen LogP contribution in [-0.4, -0.2) is 11.4 Å². The fourth-order valence-electron chi connectivity index (χ4n) is 0.852. The summed E-state index contributed by atoms with van der Waals surface area (Å²) in [6.45, 7) is -0.104. The molecule has 0 aromatic heterocycles. The molecule has 2 nitrogen and oxygen atoms in total. The molecule has 0 saturated carbocycles. The molecule has 1 N–H and O–H groups in total. The summed E-state index contributed by atoms with van der Waals surface area (Å²) in [5, 5.41) is 8.79. The maximum atomic E-state index is 10.5. The number of carbonyl (C=O) groups excluding carboxylic acids is 1. The van der Waals surface area contributed by atoms with Gasteiger partial charge in [0.05, 0.1) is 6.61 Å². The van der Waals surface area contributed by atoms with E-state index in [0.717, 1.165) is 10.8 Å². The molecular formula is C8H7BrO2. The molecule has 1 rings (SSSR count). The lowest BCUT2D eigenvalue weighted by Gasteiger charge is -2.01. The lowest BCUT2D eigenvalue weighted by atomic mass is 10.1. The van der Waals surface area contributed by atoms with E-state index < -0.39 is 0 Å². The van der Waals surface area contributed by atoms with E-state index in [2.05, 4.69) is 15.9 Å². The molecule has 11 heavy (non-hydrogen) atoms. The maximum absolute atomic E-state index is 10.5. The van der Waals surface area contributed by atoms with E-state index in [1.807, 2.05) is 0 Å². The Balaban J connectivity index is 3.24. The Bertz CT molecular complexity index is 271. The molecule has 0 bridgehead atoms. The molecule has 0 aliphatic heterocycles. The van der Waals surface area contributed by atoms with E-state index in [0.29, 0.717) is 11.1 Å². The lowest BCUT2D eigenvalue weighted by Crippen LogP contribution is -1.92. The highest BCUT2D eigenvalue weighted by Crippen LogP contribution is 2.18. The minimum absolute atomic E-state index is 0.104. The van der Waals surface area contributed by atoms with Crippen LogP contribution < -0.4 is 0 Å². The molecule has 0 saturated heterocycles. The van der Waals surface area contributed by atoms with Crippen molar-refractivity contribution in [3.63, 3.8) is 0 Å². The number of rotatable bonds is 2. The van der Waals surface area contributed by atoms with Crippen molar-refractivity contribution >= 4 is 22.2 Å². The van der Waals surface area contributed by atoms with Crippen molar-refractivity contribution in [2.24, 2.45) is 0 Å². The molecule has 0 aliphatic carbocycles. The van der Waals surface area contributed by atoms with Crippen LogP contribution in [0.4, 0.5) is 0 Å². The molecule has 0 amide bonds. The van der Waals surface area contributed by atoms with E-state index >= 15 is 0 Å².